The van der Waals surface area contributed by atoms with Crippen LogP contribution in [0.3, 0.4) is 0 Å². The summed E-state index contributed by atoms with van der Waals surface area (Å²) in [5, 5.41) is 0. The standard InChI is InChI=1S/C12H17BrN2O/c1-12(2)6-9(12)10(13)4-8-5-11(16-3)15-7-14-8/h5,7,9-10H,4,6H2,1-3H3. The van der Waals surface area contributed by atoms with Gasteiger partial charge in [-0.05, 0) is 17.8 Å². The smallest absolute Gasteiger partial charge is 0.216 e. The average Bonchev–Trinajstić information content (AvgIpc) is 2.88. The van der Waals surface area contributed by atoms with Crippen LogP contribution in [0.2, 0.25) is 0 Å². The molecule has 1 fully saturated rings. The molecule has 2 rings (SSSR count). The lowest BCUT2D eigenvalue weighted by Crippen LogP contribution is -2.10. The third-order valence-electron chi connectivity index (χ3n) is 3.34. The van der Waals surface area contributed by atoms with Gasteiger partial charge in [-0.1, -0.05) is 29.8 Å². The Morgan fingerprint density at radius 2 is 2.25 bits per heavy atom. The number of halogens is 1. The van der Waals surface area contributed by atoms with E-state index in [-0.39, 0.29) is 0 Å². The highest BCUT2D eigenvalue weighted by Crippen LogP contribution is 2.55. The van der Waals surface area contributed by atoms with Crippen molar-refractivity contribution in [1.82, 2.24) is 9.97 Å². The van der Waals surface area contributed by atoms with Gasteiger partial charge >= 0.3 is 0 Å². The third-order valence-corrected chi connectivity index (χ3v) is 4.30. The number of alkyl halides is 1. The first-order valence-corrected chi connectivity index (χ1v) is 6.43. The Balaban J connectivity index is 1.98. The lowest BCUT2D eigenvalue weighted by molar-refractivity contribution is 0.395. The van der Waals surface area contributed by atoms with Crippen molar-refractivity contribution in [3.63, 3.8) is 0 Å². The maximum atomic E-state index is 5.09. The minimum Gasteiger partial charge on any atom is -0.481 e. The highest BCUT2D eigenvalue weighted by Gasteiger charge is 2.49. The van der Waals surface area contributed by atoms with E-state index in [1.807, 2.05) is 6.07 Å². The van der Waals surface area contributed by atoms with Gasteiger partial charge in [0.1, 0.15) is 6.33 Å². The lowest BCUT2D eigenvalue weighted by atomic mass is 10.1. The van der Waals surface area contributed by atoms with Gasteiger partial charge in [0.15, 0.2) is 0 Å². The molecule has 1 aromatic heterocycles. The van der Waals surface area contributed by atoms with Gasteiger partial charge in [0.25, 0.3) is 0 Å². The summed E-state index contributed by atoms with van der Waals surface area (Å²) in [6.45, 7) is 4.62. The molecule has 0 N–H and O–H groups in total. The number of hydrogen-bond acceptors (Lipinski definition) is 3. The first kappa shape index (κ1) is 11.8. The Morgan fingerprint density at radius 3 is 2.81 bits per heavy atom. The normalized spacial score (nSPS) is 23.9. The van der Waals surface area contributed by atoms with Crippen LogP contribution in [0.15, 0.2) is 12.4 Å². The van der Waals surface area contributed by atoms with Gasteiger partial charge in [-0.15, -0.1) is 0 Å². The number of hydrogen-bond donors (Lipinski definition) is 0. The highest BCUT2D eigenvalue weighted by molar-refractivity contribution is 9.09. The molecule has 3 nitrogen and oxygen atoms in total. The molecule has 0 saturated heterocycles. The van der Waals surface area contributed by atoms with Gasteiger partial charge in [0.05, 0.1) is 7.11 Å². The zero-order valence-electron chi connectivity index (χ0n) is 9.90. The van der Waals surface area contributed by atoms with Crippen LogP contribution in [-0.2, 0) is 6.42 Å². The molecule has 88 valence electrons. The molecule has 1 aliphatic rings. The van der Waals surface area contributed by atoms with E-state index < -0.39 is 0 Å². The summed E-state index contributed by atoms with van der Waals surface area (Å²) in [6, 6.07) is 1.91. The van der Waals surface area contributed by atoms with Crippen molar-refractivity contribution in [2.75, 3.05) is 7.11 Å². The molecule has 4 heteroatoms. The zero-order valence-corrected chi connectivity index (χ0v) is 11.5. The summed E-state index contributed by atoms with van der Waals surface area (Å²) in [5.74, 6) is 1.40. The summed E-state index contributed by atoms with van der Waals surface area (Å²) >= 11 is 3.76. The van der Waals surface area contributed by atoms with Gasteiger partial charge in [0, 0.05) is 23.0 Å². The monoisotopic (exact) mass is 284 g/mol. The predicted molar refractivity (Wildman–Crippen MR) is 66.9 cm³/mol. The zero-order chi connectivity index (χ0) is 11.8. The summed E-state index contributed by atoms with van der Waals surface area (Å²) in [4.78, 5) is 8.77. The molecule has 1 aliphatic carbocycles. The molecule has 0 aliphatic heterocycles. The molecule has 1 aromatic rings. The van der Waals surface area contributed by atoms with Crippen molar-refractivity contribution in [2.45, 2.75) is 31.5 Å². The Bertz CT molecular complexity index is 381. The Kier molecular flexibility index (Phi) is 3.19. The van der Waals surface area contributed by atoms with Gasteiger partial charge in [-0.2, -0.15) is 0 Å². The first-order chi connectivity index (χ1) is 7.53. The van der Waals surface area contributed by atoms with E-state index in [1.165, 1.54) is 6.42 Å². The van der Waals surface area contributed by atoms with Crippen molar-refractivity contribution < 1.29 is 4.74 Å². The van der Waals surface area contributed by atoms with E-state index in [2.05, 4.69) is 39.7 Å². The quantitative estimate of drug-likeness (QED) is 0.798. The fourth-order valence-electron chi connectivity index (χ4n) is 2.07. The molecule has 0 aromatic carbocycles. The van der Waals surface area contributed by atoms with Crippen LogP contribution in [0.4, 0.5) is 0 Å². The van der Waals surface area contributed by atoms with Crippen LogP contribution < -0.4 is 4.74 Å². The topological polar surface area (TPSA) is 35.0 Å². The summed E-state index contributed by atoms with van der Waals surface area (Å²) in [5.41, 5.74) is 1.53. The van der Waals surface area contributed by atoms with Crippen LogP contribution in [0, 0.1) is 11.3 Å². The SMILES string of the molecule is COc1cc(CC(Br)C2CC2(C)C)ncn1. The van der Waals surface area contributed by atoms with Crippen LogP contribution in [0.25, 0.3) is 0 Å². The minimum absolute atomic E-state index is 0.491. The number of rotatable bonds is 4. The van der Waals surface area contributed by atoms with Gasteiger partial charge < -0.3 is 4.74 Å². The molecule has 1 heterocycles. The van der Waals surface area contributed by atoms with E-state index in [9.17, 15) is 0 Å². The van der Waals surface area contributed by atoms with Crippen LogP contribution >= 0.6 is 15.9 Å². The van der Waals surface area contributed by atoms with Crippen molar-refractivity contribution in [1.29, 1.82) is 0 Å². The number of methoxy groups -OCH3 is 1. The average molecular weight is 285 g/mol. The Labute approximate surface area is 105 Å². The second-order valence-corrected chi connectivity index (χ2v) is 6.25. The van der Waals surface area contributed by atoms with Crippen LogP contribution in [0.1, 0.15) is 26.0 Å². The molecule has 0 radical (unpaired) electrons. The van der Waals surface area contributed by atoms with Gasteiger partial charge in [-0.3, -0.25) is 0 Å². The fraction of sp³-hybridized carbons (Fsp3) is 0.667. The third kappa shape index (κ3) is 2.54. The van der Waals surface area contributed by atoms with Crippen molar-refractivity contribution >= 4 is 15.9 Å². The maximum Gasteiger partial charge on any atom is 0.216 e. The van der Waals surface area contributed by atoms with E-state index in [0.717, 1.165) is 18.0 Å². The van der Waals surface area contributed by atoms with E-state index in [1.54, 1.807) is 13.4 Å². The first-order valence-electron chi connectivity index (χ1n) is 5.52. The van der Waals surface area contributed by atoms with Gasteiger partial charge in [-0.25, -0.2) is 9.97 Å². The van der Waals surface area contributed by atoms with E-state index in [0.29, 0.717) is 16.1 Å². The lowest BCUT2D eigenvalue weighted by Gasteiger charge is -2.11. The Morgan fingerprint density at radius 1 is 1.56 bits per heavy atom. The fourth-order valence-corrected chi connectivity index (χ4v) is 3.30. The van der Waals surface area contributed by atoms with Crippen molar-refractivity contribution in [3.8, 4) is 5.88 Å². The summed E-state index contributed by atoms with van der Waals surface area (Å²) in [7, 11) is 1.63. The number of ether oxygens (including phenoxy) is 1. The highest BCUT2D eigenvalue weighted by atomic mass is 79.9. The molecular formula is C12H17BrN2O. The molecule has 16 heavy (non-hydrogen) atoms. The van der Waals surface area contributed by atoms with E-state index >= 15 is 0 Å². The summed E-state index contributed by atoms with van der Waals surface area (Å²) < 4.78 is 5.09. The van der Waals surface area contributed by atoms with Gasteiger partial charge in [0.2, 0.25) is 5.88 Å². The number of aromatic nitrogens is 2. The predicted octanol–water partition coefficient (Wildman–Crippen LogP) is 2.84. The molecule has 2 atom stereocenters. The van der Waals surface area contributed by atoms with E-state index in [4.69, 9.17) is 4.74 Å². The molecule has 1 saturated carbocycles. The number of nitrogens with zero attached hydrogens (tertiary/aromatic N) is 2. The molecule has 0 spiro atoms. The second-order valence-electron chi connectivity index (χ2n) is 5.07. The van der Waals surface area contributed by atoms with Crippen molar-refractivity contribution in [2.24, 2.45) is 11.3 Å². The largest absolute Gasteiger partial charge is 0.481 e. The molecule has 0 amide bonds. The van der Waals surface area contributed by atoms with Crippen molar-refractivity contribution in [3.05, 3.63) is 18.1 Å². The molecule has 0 bridgehead atoms. The van der Waals surface area contributed by atoms with Crippen LogP contribution in [-0.4, -0.2) is 21.9 Å². The maximum absolute atomic E-state index is 5.09. The molecular weight excluding hydrogens is 268 g/mol. The summed E-state index contributed by atoms with van der Waals surface area (Å²) in [6.07, 6.45) is 3.80. The Hall–Kier alpha value is -0.640. The second kappa shape index (κ2) is 4.32. The molecule has 2 unspecified atom stereocenters. The van der Waals surface area contributed by atoms with Crippen LogP contribution in [0.5, 0.6) is 5.88 Å². The minimum atomic E-state index is 0.491.